The van der Waals surface area contributed by atoms with E-state index in [-0.39, 0.29) is 0 Å². The van der Waals surface area contributed by atoms with Gasteiger partial charge in [-0.1, -0.05) is 38.1 Å². The van der Waals surface area contributed by atoms with Crippen LogP contribution in [0.5, 0.6) is 0 Å². The Morgan fingerprint density at radius 1 is 1.32 bits per heavy atom. The second-order valence-electron chi connectivity index (χ2n) is 5.24. The predicted octanol–water partition coefficient (Wildman–Crippen LogP) is 2.36. The summed E-state index contributed by atoms with van der Waals surface area (Å²) < 4.78 is 5.74. The number of morpholine rings is 1. The lowest BCUT2D eigenvalue weighted by Gasteiger charge is -2.38. The van der Waals surface area contributed by atoms with Gasteiger partial charge < -0.3 is 10.5 Å². The van der Waals surface area contributed by atoms with Crippen molar-refractivity contribution in [3.8, 4) is 0 Å². The highest BCUT2D eigenvalue weighted by atomic mass is 16.5. The minimum atomic E-state index is 0.323. The van der Waals surface area contributed by atoms with E-state index >= 15 is 0 Å². The lowest BCUT2D eigenvalue weighted by molar-refractivity contribution is -0.0437. The Labute approximate surface area is 116 Å². The minimum absolute atomic E-state index is 0.323. The summed E-state index contributed by atoms with van der Waals surface area (Å²) in [7, 11) is 0. The molecule has 3 heteroatoms. The number of hydrogen-bond donors (Lipinski definition) is 1. The van der Waals surface area contributed by atoms with Crippen LogP contribution in [0, 0.1) is 0 Å². The Balaban J connectivity index is 2.09. The molecule has 2 rings (SSSR count). The van der Waals surface area contributed by atoms with E-state index in [1.54, 1.807) is 0 Å². The average Bonchev–Trinajstić information content (AvgIpc) is 2.49. The van der Waals surface area contributed by atoms with Gasteiger partial charge in [0, 0.05) is 25.7 Å². The van der Waals surface area contributed by atoms with Gasteiger partial charge in [0.05, 0.1) is 12.7 Å². The van der Waals surface area contributed by atoms with Gasteiger partial charge in [-0.15, -0.1) is 0 Å². The van der Waals surface area contributed by atoms with Crippen LogP contribution in [-0.4, -0.2) is 37.2 Å². The molecule has 0 aliphatic carbocycles. The van der Waals surface area contributed by atoms with Crippen molar-refractivity contribution in [3.63, 3.8) is 0 Å². The molecule has 1 aliphatic rings. The van der Waals surface area contributed by atoms with Crippen molar-refractivity contribution < 1.29 is 4.74 Å². The van der Waals surface area contributed by atoms with Gasteiger partial charge in [-0.2, -0.15) is 0 Å². The first kappa shape index (κ1) is 14.5. The predicted molar refractivity (Wildman–Crippen MR) is 79.2 cm³/mol. The van der Waals surface area contributed by atoms with Crippen LogP contribution in [0.4, 0.5) is 0 Å². The van der Waals surface area contributed by atoms with E-state index in [0.717, 1.165) is 32.5 Å². The first-order valence-electron chi connectivity index (χ1n) is 7.43. The molecular formula is C16H26N2O. The molecule has 106 valence electrons. The molecule has 2 unspecified atom stereocenters. The van der Waals surface area contributed by atoms with Crippen LogP contribution < -0.4 is 5.73 Å². The first-order valence-corrected chi connectivity index (χ1v) is 7.43. The summed E-state index contributed by atoms with van der Waals surface area (Å²) >= 11 is 0. The van der Waals surface area contributed by atoms with Crippen LogP contribution in [-0.2, 0) is 11.2 Å². The molecule has 1 fully saturated rings. The smallest absolute Gasteiger partial charge is 0.0700 e. The minimum Gasteiger partial charge on any atom is -0.376 e. The van der Waals surface area contributed by atoms with Crippen molar-refractivity contribution in [1.29, 1.82) is 0 Å². The maximum Gasteiger partial charge on any atom is 0.0700 e. The quantitative estimate of drug-likeness (QED) is 0.885. The third-order valence-electron chi connectivity index (χ3n) is 4.06. The Kier molecular flexibility index (Phi) is 5.37. The molecule has 2 atom stereocenters. The van der Waals surface area contributed by atoms with Crippen molar-refractivity contribution in [2.75, 3.05) is 26.2 Å². The van der Waals surface area contributed by atoms with Gasteiger partial charge in [-0.3, -0.25) is 4.90 Å². The van der Waals surface area contributed by atoms with E-state index in [0.29, 0.717) is 18.7 Å². The van der Waals surface area contributed by atoms with Gasteiger partial charge in [0.2, 0.25) is 0 Å². The average molecular weight is 262 g/mol. The van der Waals surface area contributed by atoms with Gasteiger partial charge >= 0.3 is 0 Å². The second kappa shape index (κ2) is 7.04. The Bertz CT molecular complexity index is 377. The van der Waals surface area contributed by atoms with Crippen molar-refractivity contribution in [2.24, 2.45) is 5.73 Å². The summed E-state index contributed by atoms with van der Waals surface area (Å²) in [5.74, 6) is 0. The summed E-state index contributed by atoms with van der Waals surface area (Å²) in [4.78, 5) is 2.47. The van der Waals surface area contributed by atoms with E-state index in [9.17, 15) is 0 Å². The summed E-state index contributed by atoms with van der Waals surface area (Å²) in [5.41, 5.74) is 8.72. The highest BCUT2D eigenvalue weighted by Gasteiger charge is 2.25. The molecule has 0 saturated carbocycles. The number of benzene rings is 1. The first-order chi connectivity index (χ1) is 9.28. The fourth-order valence-corrected chi connectivity index (χ4v) is 2.74. The highest BCUT2D eigenvalue weighted by Crippen LogP contribution is 2.23. The van der Waals surface area contributed by atoms with Gasteiger partial charge in [-0.25, -0.2) is 0 Å². The fourth-order valence-electron chi connectivity index (χ4n) is 2.74. The van der Waals surface area contributed by atoms with Crippen LogP contribution in [0.25, 0.3) is 0 Å². The molecule has 0 bridgehead atoms. The molecular weight excluding hydrogens is 236 g/mol. The molecule has 0 aromatic heterocycles. The molecule has 1 saturated heterocycles. The molecule has 1 heterocycles. The number of aryl methyl sites for hydroxylation is 1. The van der Waals surface area contributed by atoms with E-state index in [4.69, 9.17) is 10.5 Å². The summed E-state index contributed by atoms with van der Waals surface area (Å²) in [6.45, 7) is 7.83. The zero-order valence-corrected chi connectivity index (χ0v) is 12.1. The monoisotopic (exact) mass is 262 g/mol. The molecule has 0 amide bonds. The van der Waals surface area contributed by atoms with Gasteiger partial charge in [-0.05, 0) is 24.0 Å². The molecule has 1 aliphatic heterocycles. The number of nitrogens with two attached hydrogens (primary N) is 1. The summed E-state index contributed by atoms with van der Waals surface area (Å²) in [5, 5.41) is 0. The molecule has 3 nitrogen and oxygen atoms in total. The van der Waals surface area contributed by atoms with E-state index < -0.39 is 0 Å². The van der Waals surface area contributed by atoms with Crippen molar-refractivity contribution in [2.45, 2.75) is 38.8 Å². The van der Waals surface area contributed by atoms with E-state index in [1.807, 2.05) is 0 Å². The molecule has 0 radical (unpaired) electrons. The third-order valence-corrected chi connectivity index (χ3v) is 4.06. The van der Waals surface area contributed by atoms with E-state index in [1.165, 1.54) is 11.1 Å². The zero-order valence-electron chi connectivity index (χ0n) is 12.1. The third kappa shape index (κ3) is 3.56. The van der Waals surface area contributed by atoms with Crippen molar-refractivity contribution >= 4 is 0 Å². The van der Waals surface area contributed by atoms with Gasteiger partial charge in [0.1, 0.15) is 0 Å². The Morgan fingerprint density at radius 2 is 2.05 bits per heavy atom. The van der Waals surface area contributed by atoms with Crippen LogP contribution in [0.1, 0.15) is 37.4 Å². The molecule has 1 aromatic rings. The summed E-state index contributed by atoms with van der Waals surface area (Å²) in [6, 6.07) is 9.22. The number of ether oxygens (including phenoxy) is 1. The maximum atomic E-state index is 6.01. The van der Waals surface area contributed by atoms with Gasteiger partial charge in [0.15, 0.2) is 0 Å². The van der Waals surface area contributed by atoms with Gasteiger partial charge in [0.25, 0.3) is 0 Å². The zero-order chi connectivity index (χ0) is 13.7. The largest absolute Gasteiger partial charge is 0.376 e. The van der Waals surface area contributed by atoms with Crippen molar-refractivity contribution in [1.82, 2.24) is 4.90 Å². The topological polar surface area (TPSA) is 38.5 Å². The molecule has 0 spiro atoms. The number of hydrogen-bond acceptors (Lipinski definition) is 3. The lowest BCUT2D eigenvalue weighted by atomic mass is 10.0. The second-order valence-corrected chi connectivity index (χ2v) is 5.24. The van der Waals surface area contributed by atoms with Crippen LogP contribution in [0.3, 0.4) is 0 Å². The maximum absolute atomic E-state index is 6.01. The molecule has 2 N–H and O–H groups in total. The Hall–Kier alpha value is -0.900. The van der Waals surface area contributed by atoms with Crippen molar-refractivity contribution in [3.05, 3.63) is 35.4 Å². The standard InChI is InChI=1S/C16H26N2O/c1-3-13-5-7-14(8-6-13)16(11-17)18-9-10-19-15(4-2)12-18/h5-8,15-16H,3-4,9-12,17H2,1-2H3. The van der Waals surface area contributed by atoms with E-state index in [2.05, 4.69) is 43.0 Å². The summed E-state index contributed by atoms with van der Waals surface area (Å²) in [6.07, 6.45) is 2.52. The lowest BCUT2D eigenvalue weighted by Crippen LogP contribution is -2.46. The normalized spacial score (nSPS) is 22.4. The molecule has 19 heavy (non-hydrogen) atoms. The highest BCUT2D eigenvalue weighted by molar-refractivity contribution is 5.25. The molecule has 1 aromatic carbocycles. The SMILES string of the molecule is CCc1ccc(C(CN)N2CCOC(CC)C2)cc1. The number of nitrogens with zero attached hydrogens (tertiary/aromatic N) is 1. The number of rotatable bonds is 5. The van der Waals surface area contributed by atoms with Crippen LogP contribution >= 0.6 is 0 Å². The van der Waals surface area contributed by atoms with Crippen LogP contribution in [0.15, 0.2) is 24.3 Å². The van der Waals surface area contributed by atoms with Crippen LogP contribution in [0.2, 0.25) is 0 Å². The Morgan fingerprint density at radius 3 is 2.63 bits per heavy atom. The fraction of sp³-hybridized carbons (Fsp3) is 0.625.